The normalized spacial score (nSPS) is 16.6. The Morgan fingerprint density at radius 1 is 1.19 bits per heavy atom. The summed E-state index contributed by atoms with van der Waals surface area (Å²) >= 11 is 0. The molecular weight excluding hydrogens is 470 g/mol. The largest absolute Gasteiger partial charge is 0.489 e. The number of likely N-dealkylation sites (tertiary alicyclic amines) is 1. The zero-order valence-electron chi connectivity index (χ0n) is 21.6. The Balaban J connectivity index is 1.34. The zero-order chi connectivity index (χ0) is 26.4. The fourth-order valence-electron chi connectivity index (χ4n) is 4.94. The highest BCUT2D eigenvalue weighted by Crippen LogP contribution is 2.22. The molecule has 2 aromatic carbocycles. The lowest BCUT2D eigenvalue weighted by molar-refractivity contribution is -0.134. The van der Waals surface area contributed by atoms with Crippen LogP contribution in [0, 0.1) is 12.8 Å². The number of aromatic nitrogens is 1. The Hall–Kier alpha value is -3.53. The van der Waals surface area contributed by atoms with Gasteiger partial charge in [0.1, 0.15) is 18.4 Å². The lowest BCUT2D eigenvalue weighted by Crippen LogP contribution is -2.51. The van der Waals surface area contributed by atoms with E-state index in [-0.39, 0.29) is 12.5 Å². The molecule has 9 heteroatoms. The van der Waals surface area contributed by atoms with Crippen LogP contribution in [0.5, 0.6) is 5.75 Å². The first kappa shape index (κ1) is 26.5. The van der Waals surface area contributed by atoms with Crippen LogP contribution < -0.4 is 15.5 Å². The van der Waals surface area contributed by atoms with Crippen molar-refractivity contribution < 1.29 is 19.5 Å². The van der Waals surface area contributed by atoms with E-state index in [1.54, 1.807) is 29.7 Å². The average molecular weight is 506 g/mol. The van der Waals surface area contributed by atoms with Crippen molar-refractivity contribution in [2.24, 2.45) is 5.92 Å². The molecule has 3 N–H and O–H groups in total. The number of pyridine rings is 1. The maximum Gasteiger partial charge on any atom is 0.262 e. The molecule has 0 aliphatic carbocycles. The summed E-state index contributed by atoms with van der Waals surface area (Å²) in [4.78, 5) is 33.8. The Morgan fingerprint density at radius 3 is 2.68 bits per heavy atom. The van der Waals surface area contributed by atoms with Crippen molar-refractivity contribution >= 4 is 22.7 Å². The number of carbonyl (C=O) groups is 2. The molecule has 2 unspecified atom stereocenters. The maximum atomic E-state index is 12.8. The van der Waals surface area contributed by atoms with E-state index in [2.05, 4.69) is 15.2 Å². The molecule has 2 heterocycles. The second-order valence-electron chi connectivity index (χ2n) is 9.87. The number of hydroxylamine groups is 1. The van der Waals surface area contributed by atoms with E-state index in [0.717, 1.165) is 48.2 Å². The Bertz CT molecular complexity index is 1230. The fourth-order valence-corrected chi connectivity index (χ4v) is 4.94. The highest BCUT2D eigenvalue weighted by Gasteiger charge is 2.32. The summed E-state index contributed by atoms with van der Waals surface area (Å²) in [6.45, 7) is 4.87. The van der Waals surface area contributed by atoms with Gasteiger partial charge in [-0.05, 0) is 76.3 Å². The quantitative estimate of drug-likeness (QED) is 0.287. The highest BCUT2D eigenvalue weighted by atomic mass is 16.5. The monoisotopic (exact) mass is 505 g/mol. The number of benzene rings is 2. The van der Waals surface area contributed by atoms with Gasteiger partial charge < -0.3 is 15.0 Å². The van der Waals surface area contributed by atoms with Crippen LogP contribution in [0.3, 0.4) is 0 Å². The molecular formula is C28H35N5O4. The van der Waals surface area contributed by atoms with Crippen molar-refractivity contribution in [3.8, 4) is 5.75 Å². The summed E-state index contributed by atoms with van der Waals surface area (Å²) in [7, 11) is 4.05. The van der Waals surface area contributed by atoms with Crippen LogP contribution >= 0.6 is 0 Å². The number of nitrogens with zero attached hydrogens (tertiary/aromatic N) is 3. The summed E-state index contributed by atoms with van der Waals surface area (Å²) in [5, 5.41) is 13.1. The number of fused-ring (bicyclic) bond motifs is 1. The summed E-state index contributed by atoms with van der Waals surface area (Å²) in [6, 6.07) is 16.3. The number of rotatable bonds is 10. The van der Waals surface area contributed by atoms with E-state index < -0.39 is 11.9 Å². The molecule has 2 amide bonds. The van der Waals surface area contributed by atoms with Crippen LogP contribution in [0.25, 0.3) is 10.9 Å². The summed E-state index contributed by atoms with van der Waals surface area (Å²) in [6.07, 6.45) is 0.970. The Kier molecular flexibility index (Phi) is 8.70. The van der Waals surface area contributed by atoms with E-state index in [4.69, 9.17) is 4.74 Å². The van der Waals surface area contributed by atoms with Crippen LogP contribution in [0.15, 0.2) is 54.6 Å². The van der Waals surface area contributed by atoms with Crippen LogP contribution in [-0.2, 0) is 11.4 Å². The number of amides is 2. The minimum absolute atomic E-state index is 0.104. The number of hydrogen-bond donors (Lipinski definition) is 3. The highest BCUT2D eigenvalue weighted by molar-refractivity contribution is 5.94. The molecule has 1 saturated heterocycles. The van der Waals surface area contributed by atoms with Crippen molar-refractivity contribution in [2.75, 3.05) is 40.3 Å². The summed E-state index contributed by atoms with van der Waals surface area (Å²) < 4.78 is 5.99. The molecule has 9 nitrogen and oxygen atoms in total. The van der Waals surface area contributed by atoms with Crippen molar-refractivity contribution in [1.29, 1.82) is 0 Å². The molecule has 2 atom stereocenters. The molecule has 0 bridgehead atoms. The van der Waals surface area contributed by atoms with Gasteiger partial charge >= 0.3 is 0 Å². The standard InChI is InChI=1S/C28H35N5O4/c1-19-14-22(24-6-4-5-7-25(24)30-19)18-37-23-10-8-21(9-11-23)27(34)29-15-26(28(35)31-36)33-13-12-20(17-33)16-32(2)3/h4-11,14,20,26,36H,12-13,15-18H2,1-3H3,(H,29,34)(H,31,35). The number of carbonyl (C=O) groups excluding carboxylic acids is 2. The van der Waals surface area contributed by atoms with Crippen LogP contribution in [0.2, 0.25) is 0 Å². The van der Waals surface area contributed by atoms with Gasteiger partial charge in [0.25, 0.3) is 11.8 Å². The zero-order valence-corrected chi connectivity index (χ0v) is 21.6. The van der Waals surface area contributed by atoms with Gasteiger partial charge in [-0.15, -0.1) is 0 Å². The van der Waals surface area contributed by atoms with E-state index in [1.807, 2.05) is 56.3 Å². The third-order valence-corrected chi connectivity index (χ3v) is 6.69. The Morgan fingerprint density at radius 2 is 1.95 bits per heavy atom. The first-order valence-corrected chi connectivity index (χ1v) is 12.5. The summed E-state index contributed by atoms with van der Waals surface area (Å²) in [5.41, 5.74) is 5.13. The number of aryl methyl sites for hydroxylation is 1. The Labute approximate surface area is 217 Å². The molecule has 3 aromatic rings. The summed E-state index contributed by atoms with van der Waals surface area (Å²) in [5.74, 6) is 0.286. The topological polar surface area (TPSA) is 107 Å². The van der Waals surface area contributed by atoms with Gasteiger partial charge in [-0.25, -0.2) is 5.48 Å². The molecule has 1 aromatic heterocycles. The van der Waals surface area contributed by atoms with E-state index in [1.165, 1.54) is 0 Å². The number of ether oxygens (including phenoxy) is 1. The second kappa shape index (κ2) is 12.1. The average Bonchev–Trinajstić information content (AvgIpc) is 3.34. The van der Waals surface area contributed by atoms with Gasteiger partial charge in [0.2, 0.25) is 0 Å². The van der Waals surface area contributed by atoms with E-state index in [9.17, 15) is 14.8 Å². The van der Waals surface area contributed by atoms with Crippen LogP contribution in [-0.4, -0.2) is 78.1 Å². The van der Waals surface area contributed by atoms with Crippen molar-refractivity contribution in [1.82, 2.24) is 25.6 Å². The first-order valence-electron chi connectivity index (χ1n) is 12.5. The number of nitrogens with one attached hydrogen (secondary N) is 2. The van der Waals surface area contributed by atoms with Gasteiger partial charge in [0, 0.05) is 41.8 Å². The second-order valence-corrected chi connectivity index (χ2v) is 9.87. The minimum Gasteiger partial charge on any atom is -0.489 e. The van der Waals surface area contributed by atoms with Gasteiger partial charge in [0.15, 0.2) is 0 Å². The van der Waals surface area contributed by atoms with Gasteiger partial charge in [0.05, 0.1) is 5.52 Å². The molecule has 37 heavy (non-hydrogen) atoms. The molecule has 0 saturated carbocycles. The molecule has 1 aliphatic rings. The lowest BCUT2D eigenvalue weighted by Gasteiger charge is -2.26. The van der Waals surface area contributed by atoms with Gasteiger partial charge in [-0.3, -0.25) is 24.7 Å². The van der Waals surface area contributed by atoms with Gasteiger partial charge in [-0.2, -0.15) is 0 Å². The third kappa shape index (κ3) is 6.82. The maximum absolute atomic E-state index is 12.8. The number of hydrogen-bond acceptors (Lipinski definition) is 7. The van der Waals surface area contributed by atoms with Crippen molar-refractivity contribution in [3.63, 3.8) is 0 Å². The van der Waals surface area contributed by atoms with Crippen molar-refractivity contribution in [3.05, 3.63) is 71.4 Å². The van der Waals surface area contributed by atoms with E-state index >= 15 is 0 Å². The number of para-hydroxylation sites is 1. The van der Waals surface area contributed by atoms with Crippen LogP contribution in [0.1, 0.15) is 28.0 Å². The predicted octanol–water partition coefficient (Wildman–Crippen LogP) is 2.61. The van der Waals surface area contributed by atoms with Crippen molar-refractivity contribution in [2.45, 2.75) is 26.0 Å². The SMILES string of the molecule is Cc1cc(COc2ccc(C(=O)NCC(C(=O)NO)N3CCC(CN(C)C)C3)cc2)c2ccccc2n1. The minimum atomic E-state index is -0.637. The predicted molar refractivity (Wildman–Crippen MR) is 142 cm³/mol. The molecule has 0 spiro atoms. The molecule has 1 fully saturated rings. The third-order valence-electron chi connectivity index (χ3n) is 6.69. The van der Waals surface area contributed by atoms with Crippen LogP contribution in [0.4, 0.5) is 0 Å². The molecule has 0 radical (unpaired) electrons. The molecule has 196 valence electrons. The fraction of sp³-hybridized carbons (Fsp3) is 0.393. The first-order chi connectivity index (χ1) is 17.8. The van der Waals surface area contributed by atoms with E-state index in [0.29, 0.717) is 23.8 Å². The smallest absolute Gasteiger partial charge is 0.262 e. The van der Waals surface area contributed by atoms with Gasteiger partial charge in [-0.1, -0.05) is 18.2 Å². The molecule has 1 aliphatic heterocycles. The molecule has 4 rings (SSSR count). The lowest BCUT2D eigenvalue weighted by atomic mass is 10.1.